The molecule has 134 valence electrons. The molecule has 0 spiro atoms. The van der Waals surface area contributed by atoms with Crippen molar-refractivity contribution in [1.82, 2.24) is 5.32 Å². The van der Waals surface area contributed by atoms with Crippen LogP contribution in [-0.2, 0) is 16.0 Å². The molecule has 0 bridgehead atoms. The van der Waals surface area contributed by atoms with E-state index in [1.54, 1.807) is 7.11 Å². The summed E-state index contributed by atoms with van der Waals surface area (Å²) in [5.41, 5.74) is 0.982. The van der Waals surface area contributed by atoms with Gasteiger partial charge in [0.1, 0.15) is 5.75 Å². The van der Waals surface area contributed by atoms with E-state index in [0.717, 1.165) is 41.3 Å². The molecule has 0 saturated heterocycles. The maximum absolute atomic E-state index is 12.2. The zero-order valence-corrected chi connectivity index (χ0v) is 14.6. The Bertz CT molecular complexity index is 727. The molecule has 0 fully saturated rings. The summed E-state index contributed by atoms with van der Waals surface area (Å²) < 4.78 is 5.27. The number of amides is 1. The summed E-state index contributed by atoms with van der Waals surface area (Å²) in [7, 11) is 1.63. The van der Waals surface area contributed by atoms with Crippen LogP contribution in [0.25, 0.3) is 10.8 Å². The van der Waals surface area contributed by atoms with Crippen molar-refractivity contribution in [2.45, 2.75) is 38.5 Å². The molecule has 0 aliphatic heterocycles. The van der Waals surface area contributed by atoms with Gasteiger partial charge in [0, 0.05) is 13.0 Å². The van der Waals surface area contributed by atoms with Gasteiger partial charge < -0.3 is 15.2 Å². The van der Waals surface area contributed by atoms with Crippen molar-refractivity contribution in [2.24, 2.45) is 0 Å². The molecule has 0 unspecified atom stereocenters. The van der Waals surface area contributed by atoms with Gasteiger partial charge in [-0.2, -0.15) is 0 Å². The van der Waals surface area contributed by atoms with Crippen LogP contribution in [0.15, 0.2) is 36.4 Å². The van der Waals surface area contributed by atoms with E-state index in [2.05, 4.69) is 5.32 Å². The van der Waals surface area contributed by atoms with Crippen molar-refractivity contribution in [1.29, 1.82) is 0 Å². The lowest BCUT2D eigenvalue weighted by atomic mass is 10.0. The number of carbonyl (C=O) groups excluding carboxylic acids is 1. The molecule has 2 aromatic carbocycles. The first-order valence-electron chi connectivity index (χ1n) is 8.64. The molecule has 0 aliphatic rings. The molecule has 0 aromatic heterocycles. The maximum Gasteiger partial charge on any atom is 0.303 e. The first kappa shape index (κ1) is 18.8. The van der Waals surface area contributed by atoms with Crippen LogP contribution in [0, 0.1) is 0 Å². The zero-order chi connectivity index (χ0) is 18.1. The van der Waals surface area contributed by atoms with Gasteiger partial charge in [-0.3, -0.25) is 9.59 Å². The number of hydrogen-bond acceptors (Lipinski definition) is 3. The molecule has 0 saturated carbocycles. The number of unbranched alkanes of at least 4 members (excludes halogenated alkanes) is 3. The Hall–Kier alpha value is -2.56. The summed E-state index contributed by atoms with van der Waals surface area (Å²) in [6, 6.07) is 11.8. The third-order valence-corrected chi connectivity index (χ3v) is 4.17. The topological polar surface area (TPSA) is 75.6 Å². The third-order valence-electron chi connectivity index (χ3n) is 4.17. The molecule has 1 amide bonds. The highest BCUT2D eigenvalue weighted by Gasteiger charge is 2.07. The van der Waals surface area contributed by atoms with Crippen LogP contribution >= 0.6 is 0 Å². The largest absolute Gasteiger partial charge is 0.497 e. The van der Waals surface area contributed by atoms with E-state index in [1.807, 2.05) is 36.4 Å². The third kappa shape index (κ3) is 6.10. The monoisotopic (exact) mass is 343 g/mol. The van der Waals surface area contributed by atoms with Crippen LogP contribution in [0.3, 0.4) is 0 Å². The highest BCUT2D eigenvalue weighted by atomic mass is 16.5. The fourth-order valence-electron chi connectivity index (χ4n) is 2.82. The van der Waals surface area contributed by atoms with Crippen LogP contribution in [-0.4, -0.2) is 30.6 Å². The van der Waals surface area contributed by atoms with Crippen molar-refractivity contribution in [3.63, 3.8) is 0 Å². The Labute approximate surface area is 148 Å². The molecule has 0 aliphatic carbocycles. The minimum absolute atomic E-state index is 0.000792. The normalized spacial score (nSPS) is 10.6. The second kappa shape index (κ2) is 9.67. The van der Waals surface area contributed by atoms with E-state index >= 15 is 0 Å². The lowest BCUT2D eigenvalue weighted by molar-refractivity contribution is -0.137. The summed E-state index contributed by atoms with van der Waals surface area (Å²) in [6.45, 7) is 0.625. The van der Waals surface area contributed by atoms with Gasteiger partial charge in [0.25, 0.3) is 0 Å². The van der Waals surface area contributed by atoms with Crippen molar-refractivity contribution < 1.29 is 19.4 Å². The van der Waals surface area contributed by atoms with E-state index in [0.29, 0.717) is 19.4 Å². The number of benzene rings is 2. The van der Waals surface area contributed by atoms with E-state index in [4.69, 9.17) is 9.84 Å². The first-order chi connectivity index (χ1) is 12.1. The summed E-state index contributed by atoms with van der Waals surface area (Å²) in [5.74, 6) is 0.0302. The minimum Gasteiger partial charge on any atom is -0.497 e. The van der Waals surface area contributed by atoms with Gasteiger partial charge in [-0.25, -0.2) is 0 Å². The van der Waals surface area contributed by atoms with E-state index in [1.165, 1.54) is 0 Å². The number of ether oxygens (including phenoxy) is 1. The smallest absolute Gasteiger partial charge is 0.303 e. The molecule has 0 atom stereocenters. The molecule has 5 nitrogen and oxygen atoms in total. The zero-order valence-electron chi connectivity index (χ0n) is 14.6. The van der Waals surface area contributed by atoms with E-state index in [9.17, 15) is 9.59 Å². The number of aliphatic carboxylic acids is 1. The molecule has 5 heteroatoms. The van der Waals surface area contributed by atoms with Crippen molar-refractivity contribution in [2.75, 3.05) is 13.7 Å². The van der Waals surface area contributed by atoms with Gasteiger partial charge in [-0.15, -0.1) is 0 Å². The van der Waals surface area contributed by atoms with Gasteiger partial charge in [0.2, 0.25) is 5.91 Å². The van der Waals surface area contributed by atoms with Gasteiger partial charge in [0.05, 0.1) is 13.5 Å². The maximum atomic E-state index is 12.2. The van der Waals surface area contributed by atoms with Crippen molar-refractivity contribution in [3.8, 4) is 5.75 Å². The number of methoxy groups -OCH3 is 1. The second-order valence-corrected chi connectivity index (χ2v) is 6.09. The quantitative estimate of drug-likeness (QED) is 0.647. The SMILES string of the molecule is COc1ccc2cccc(CC(=O)NCCCCCCC(=O)O)c2c1. The predicted octanol–water partition coefficient (Wildman–Crippen LogP) is 3.54. The lowest BCUT2D eigenvalue weighted by Crippen LogP contribution is -2.26. The lowest BCUT2D eigenvalue weighted by Gasteiger charge is -2.09. The van der Waals surface area contributed by atoms with E-state index in [-0.39, 0.29) is 12.3 Å². The van der Waals surface area contributed by atoms with Crippen LogP contribution in [0.2, 0.25) is 0 Å². The van der Waals surface area contributed by atoms with Crippen LogP contribution in [0.1, 0.15) is 37.7 Å². The van der Waals surface area contributed by atoms with Gasteiger partial charge in [-0.1, -0.05) is 37.1 Å². The standard InChI is InChI=1S/C20H25NO4/c1-25-17-11-10-15-7-6-8-16(18(15)14-17)13-19(22)21-12-5-3-2-4-9-20(23)24/h6-8,10-11,14H,2-5,9,12-13H2,1H3,(H,21,22)(H,23,24). The predicted molar refractivity (Wildman–Crippen MR) is 97.9 cm³/mol. The molecular weight excluding hydrogens is 318 g/mol. The number of rotatable bonds is 10. The van der Waals surface area contributed by atoms with Crippen LogP contribution in [0.5, 0.6) is 5.75 Å². The number of nitrogens with one attached hydrogen (secondary N) is 1. The molecule has 2 aromatic rings. The van der Waals surface area contributed by atoms with Crippen LogP contribution < -0.4 is 10.1 Å². The fourth-order valence-corrected chi connectivity index (χ4v) is 2.82. The van der Waals surface area contributed by atoms with E-state index < -0.39 is 5.97 Å². The van der Waals surface area contributed by atoms with Crippen LogP contribution in [0.4, 0.5) is 0 Å². The summed E-state index contributed by atoms with van der Waals surface area (Å²) in [4.78, 5) is 22.6. The van der Waals surface area contributed by atoms with Gasteiger partial charge >= 0.3 is 5.97 Å². The first-order valence-corrected chi connectivity index (χ1v) is 8.64. The number of hydrogen-bond donors (Lipinski definition) is 2. The molecule has 0 heterocycles. The Morgan fingerprint density at radius 3 is 2.64 bits per heavy atom. The Kier molecular flexibility index (Phi) is 7.26. The number of fused-ring (bicyclic) bond motifs is 1. The average molecular weight is 343 g/mol. The molecule has 25 heavy (non-hydrogen) atoms. The molecule has 2 rings (SSSR count). The number of carboxylic acid groups (broad SMARTS) is 1. The Morgan fingerprint density at radius 1 is 1.08 bits per heavy atom. The Morgan fingerprint density at radius 2 is 1.88 bits per heavy atom. The Balaban J connectivity index is 1.80. The van der Waals surface area contributed by atoms with Crippen molar-refractivity contribution >= 4 is 22.6 Å². The summed E-state index contributed by atoms with van der Waals surface area (Å²) >= 11 is 0. The summed E-state index contributed by atoms with van der Waals surface area (Å²) in [6.07, 6.45) is 3.93. The highest BCUT2D eigenvalue weighted by Crippen LogP contribution is 2.24. The fraction of sp³-hybridized carbons (Fsp3) is 0.400. The summed E-state index contributed by atoms with van der Waals surface area (Å²) in [5, 5.41) is 13.6. The minimum atomic E-state index is -0.750. The second-order valence-electron chi connectivity index (χ2n) is 6.09. The molecule has 2 N–H and O–H groups in total. The molecular formula is C20H25NO4. The highest BCUT2D eigenvalue weighted by molar-refractivity contribution is 5.91. The van der Waals surface area contributed by atoms with Crippen molar-refractivity contribution in [3.05, 3.63) is 42.0 Å². The van der Waals surface area contributed by atoms with Gasteiger partial charge in [0.15, 0.2) is 0 Å². The number of carboxylic acids is 1. The average Bonchev–Trinajstić information content (AvgIpc) is 2.60. The molecule has 0 radical (unpaired) electrons. The number of carbonyl (C=O) groups is 2. The van der Waals surface area contributed by atoms with Gasteiger partial charge in [-0.05, 0) is 41.3 Å².